The molecule has 1 heterocycles. The van der Waals surface area contributed by atoms with Gasteiger partial charge < -0.3 is 4.90 Å². The highest BCUT2D eigenvalue weighted by Crippen LogP contribution is 2.28. The molecule has 1 amide bonds. The minimum atomic E-state index is -0.0228. The van der Waals surface area contributed by atoms with Crippen LogP contribution in [0.15, 0.2) is 24.3 Å². The summed E-state index contributed by atoms with van der Waals surface area (Å²) in [6.07, 6.45) is 3.08. The molecule has 0 radical (unpaired) electrons. The average Bonchev–Trinajstić information content (AvgIpc) is 2.78. The molecule has 1 fully saturated rings. The number of aryl methyl sites for hydroxylation is 1. The van der Waals surface area contributed by atoms with Gasteiger partial charge in [-0.15, -0.1) is 0 Å². The van der Waals surface area contributed by atoms with Gasteiger partial charge in [-0.3, -0.25) is 10.1 Å². The van der Waals surface area contributed by atoms with Crippen molar-refractivity contribution in [2.24, 2.45) is 5.92 Å². The molecule has 1 aromatic rings. The molecule has 2 rings (SSSR count). The maximum absolute atomic E-state index is 12.7. The Bertz CT molecular complexity index is 469. The number of carbonyl (C=O) groups is 1. The van der Waals surface area contributed by atoms with Crippen molar-refractivity contribution in [2.45, 2.75) is 59.2 Å². The van der Waals surface area contributed by atoms with Crippen molar-refractivity contribution in [3.63, 3.8) is 0 Å². The molecule has 3 atom stereocenters. The molecule has 1 aliphatic rings. The van der Waals surface area contributed by atoms with Crippen LogP contribution in [0.25, 0.3) is 0 Å². The summed E-state index contributed by atoms with van der Waals surface area (Å²) in [5.41, 5.74) is 2.44. The van der Waals surface area contributed by atoms with Crippen LogP contribution in [0.2, 0.25) is 0 Å². The SMILES string of the molecule is CCCC1NC(c2ccc(C)cc2)N(CC(C)CC)C1=O. The Morgan fingerprint density at radius 2 is 1.90 bits per heavy atom. The van der Waals surface area contributed by atoms with Gasteiger partial charge in [0, 0.05) is 6.54 Å². The van der Waals surface area contributed by atoms with Crippen molar-refractivity contribution in [2.75, 3.05) is 6.54 Å². The molecule has 3 nitrogen and oxygen atoms in total. The van der Waals surface area contributed by atoms with Crippen LogP contribution in [0.3, 0.4) is 0 Å². The number of rotatable bonds is 6. The minimum absolute atomic E-state index is 0.0228. The van der Waals surface area contributed by atoms with Gasteiger partial charge >= 0.3 is 0 Å². The number of benzene rings is 1. The third-order valence-corrected chi connectivity index (χ3v) is 4.43. The lowest BCUT2D eigenvalue weighted by atomic mass is 10.1. The van der Waals surface area contributed by atoms with Gasteiger partial charge in [0.05, 0.1) is 6.04 Å². The van der Waals surface area contributed by atoms with Crippen molar-refractivity contribution in [1.82, 2.24) is 10.2 Å². The van der Waals surface area contributed by atoms with E-state index in [-0.39, 0.29) is 18.1 Å². The van der Waals surface area contributed by atoms with Crippen molar-refractivity contribution < 1.29 is 4.79 Å². The smallest absolute Gasteiger partial charge is 0.241 e. The van der Waals surface area contributed by atoms with Crippen molar-refractivity contribution in [1.29, 1.82) is 0 Å². The molecule has 0 bridgehead atoms. The number of nitrogens with one attached hydrogen (secondary N) is 1. The molecule has 1 saturated heterocycles. The highest BCUT2D eigenvalue weighted by atomic mass is 16.2. The number of hydrogen-bond donors (Lipinski definition) is 1. The van der Waals surface area contributed by atoms with Gasteiger partial charge in [0.15, 0.2) is 0 Å². The Hall–Kier alpha value is -1.35. The number of amides is 1. The van der Waals surface area contributed by atoms with E-state index in [2.05, 4.69) is 57.3 Å². The normalized spacial score (nSPS) is 23.6. The maximum atomic E-state index is 12.7. The van der Waals surface area contributed by atoms with Gasteiger partial charge in [0.2, 0.25) is 5.91 Å². The summed E-state index contributed by atoms with van der Waals surface area (Å²) < 4.78 is 0. The molecule has 116 valence electrons. The molecule has 0 aliphatic carbocycles. The second kappa shape index (κ2) is 7.08. The fourth-order valence-corrected chi connectivity index (χ4v) is 2.86. The first-order valence-corrected chi connectivity index (χ1v) is 8.19. The molecule has 1 aromatic carbocycles. The maximum Gasteiger partial charge on any atom is 0.241 e. The molecule has 3 heteroatoms. The summed E-state index contributed by atoms with van der Waals surface area (Å²) in [5.74, 6) is 0.798. The zero-order chi connectivity index (χ0) is 15.4. The lowest BCUT2D eigenvalue weighted by molar-refractivity contribution is -0.130. The zero-order valence-electron chi connectivity index (χ0n) is 13.7. The van der Waals surface area contributed by atoms with E-state index in [0.29, 0.717) is 5.92 Å². The fourth-order valence-electron chi connectivity index (χ4n) is 2.86. The first-order valence-electron chi connectivity index (χ1n) is 8.19. The van der Waals surface area contributed by atoms with E-state index in [0.717, 1.165) is 25.8 Å². The summed E-state index contributed by atoms with van der Waals surface area (Å²) >= 11 is 0. The molecule has 21 heavy (non-hydrogen) atoms. The lowest BCUT2D eigenvalue weighted by Crippen LogP contribution is -2.34. The summed E-state index contributed by atoms with van der Waals surface area (Å²) in [6.45, 7) is 9.46. The Morgan fingerprint density at radius 1 is 1.24 bits per heavy atom. The molecular weight excluding hydrogens is 260 g/mol. The summed E-state index contributed by atoms with van der Waals surface area (Å²) in [5, 5.41) is 3.53. The first-order chi connectivity index (χ1) is 10.1. The third-order valence-electron chi connectivity index (χ3n) is 4.43. The minimum Gasteiger partial charge on any atom is -0.321 e. The fraction of sp³-hybridized carbons (Fsp3) is 0.611. The van der Waals surface area contributed by atoms with E-state index < -0.39 is 0 Å². The number of hydrogen-bond acceptors (Lipinski definition) is 2. The quantitative estimate of drug-likeness (QED) is 0.866. The molecule has 0 spiro atoms. The van der Waals surface area contributed by atoms with E-state index in [1.54, 1.807) is 0 Å². The second-order valence-corrected chi connectivity index (χ2v) is 6.33. The average molecular weight is 288 g/mol. The number of nitrogens with zero attached hydrogens (tertiary/aromatic N) is 1. The Labute approximate surface area is 128 Å². The van der Waals surface area contributed by atoms with E-state index in [1.807, 2.05) is 4.90 Å². The second-order valence-electron chi connectivity index (χ2n) is 6.33. The molecular formula is C18H28N2O. The highest BCUT2D eigenvalue weighted by molar-refractivity contribution is 5.84. The van der Waals surface area contributed by atoms with Crippen LogP contribution in [0.5, 0.6) is 0 Å². The predicted molar refractivity (Wildman–Crippen MR) is 86.9 cm³/mol. The predicted octanol–water partition coefficient (Wildman–Crippen LogP) is 3.64. The molecule has 1 aliphatic heterocycles. The van der Waals surface area contributed by atoms with Gasteiger partial charge in [-0.25, -0.2) is 0 Å². The Kier molecular flexibility index (Phi) is 5.40. The zero-order valence-corrected chi connectivity index (χ0v) is 13.7. The number of carbonyl (C=O) groups excluding carboxylic acids is 1. The summed E-state index contributed by atoms with van der Waals surface area (Å²) in [7, 11) is 0. The topological polar surface area (TPSA) is 32.3 Å². The van der Waals surface area contributed by atoms with Crippen molar-refractivity contribution in [3.05, 3.63) is 35.4 Å². The van der Waals surface area contributed by atoms with Gasteiger partial charge in [-0.05, 0) is 24.8 Å². The standard InChI is InChI=1S/C18H28N2O/c1-5-7-16-18(21)20(12-13(3)6-2)17(19-16)15-10-8-14(4)9-11-15/h8-11,13,16-17,19H,5-7,12H2,1-4H3. The van der Waals surface area contributed by atoms with E-state index in [1.165, 1.54) is 11.1 Å². The van der Waals surface area contributed by atoms with Crippen LogP contribution in [0, 0.1) is 12.8 Å². The largest absolute Gasteiger partial charge is 0.321 e. The van der Waals surface area contributed by atoms with Gasteiger partial charge in [0.1, 0.15) is 6.17 Å². The van der Waals surface area contributed by atoms with Crippen LogP contribution in [-0.4, -0.2) is 23.4 Å². The van der Waals surface area contributed by atoms with E-state index >= 15 is 0 Å². The van der Waals surface area contributed by atoms with Crippen molar-refractivity contribution in [3.8, 4) is 0 Å². The monoisotopic (exact) mass is 288 g/mol. The lowest BCUT2D eigenvalue weighted by Gasteiger charge is -2.27. The Morgan fingerprint density at radius 3 is 2.48 bits per heavy atom. The van der Waals surface area contributed by atoms with Crippen molar-refractivity contribution >= 4 is 5.91 Å². The Balaban J connectivity index is 2.22. The van der Waals surface area contributed by atoms with Crippen LogP contribution in [0.1, 0.15) is 57.3 Å². The summed E-state index contributed by atoms with van der Waals surface area (Å²) in [6, 6.07) is 8.49. The van der Waals surface area contributed by atoms with Crippen LogP contribution < -0.4 is 5.32 Å². The molecule has 0 aromatic heterocycles. The van der Waals surface area contributed by atoms with Crippen LogP contribution >= 0.6 is 0 Å². The van der Waals surface area contributed by atoms with Gasteiger partial charge in [-0.1, -0.05) is 63.4 Å². The van der Waals surface area contributed by atoms with Crippen LogP contribution in [0.4, 0.5) is 0 Å². The first kappa shape index (κ1) is 16.0. The molecule has 0 saturated carbocycles. The molecule has 3 unspecified atom stereocenters. The van der Waals surface area contributed by atoms with Crippen LogP contribution in [-0.2, 0) is 4.79 Å². The summed E-state index contributed by atoms with van der Waals surface area (Å²) in [4.78, 5) is 14.7. The van der Waals surface area contributed by atoms with E-state index in [9.17, 15) is 4.79 Å². The molecule has 1 N–H and O–H groups in total. The van der Waals surface area contributed by atoms with Gasteiger partial charge in [-0.2, -0.15) is 0 Å². The van der Waals surface area contributed by atoms with E-state index in [4.69, 9.17) is 0 Å². The highest BCUT2D eigenvalue weighted by Gasteiger charge is 2.39. The third kappa shape index (κ3) is 3.65. The van der Waals surface area contributed by atoms with Gasteiger partial charge in [0.25, 0.3) is 0 Å².